The zero-order chi connectivity index (χ0) is 14.1. The van der Waals surface area contributed by atoms with Gasteiger partial charge in [0.1, 0.15) is 0 Å². The first-order valence-electron chi connectivity index (χ1n) is 7.03. The molecule has 1 aromatic carbocycles. The quantitative estimate of drug-likeness (QED) is 0.873. The number of carbonyl (C=O) groups is 2. The monoisotopic (exact) mass is 274 g/mol. The van der Waals surface area contributed by atoms with Gasteiger partial charge in [0.15, 0.2) is 0 Å². The van der Waals surface area contributed by atoms with E-state index in [1.54, 1.807) is 12.1 Å². The molecule has 2 saturated heterocycles. The van der Waals surface area contributed by atoms with Gasteiger partial charge in [-0.1, -0.05) is 0 Å². The Morgan fingerprint density at radius 2 is 1.80 bits per heavy atom. The smallest absolute Gasteiger partial charge is 0.335 e. The number of hydrogen-bond donors (Lipinski definition) is 2. The minimum absolute atomic E-state index is 0.110. The Labute approximate surface area is 117 Å². The number of hydrogen-bond acceptors (Lipinski definition) is 3. The molecule has 0 aromatic heterocycles. The lowest BCUT2D eigenvalue weighted by Crippen LogP contribution is -2.42. The molecule has 2 unspecified atom stereocenters. The number of carbonyl (C=O) groups excluding carboxylic acids is 1. The second kappa shape index (κ2) is 5.25. The topological polar surface area (TPSA) is 69.6 Å². The van der Waals surface area contributed by atoms with Gasteiger partial charge in [-0.3, -0.25) is 9.69 Å². The lowest BCUT2D eigenvalue weighted by Gasteiger charge is -2.21. The zero-order valence-electron chi connectivity index (χ0n) is 11.2. The number of amides is 1. The summed E-state index contributed by atoms with van der Waals surface area (Å²) in [5.74, 6) is -1.09. The third-order valence-electron chi connectivity index (χ3n) is 4.32. The normalized spacial score (nSPS) is 25.4. The molecule has 0 aliphatic carbocycles. The lowest BCUT2D eigenvalue weighted by molar-refractivity contribution is 0.0696. The average molecular weight is 274 g/mol. The van der Waals surface area contributed by atoms with Crippen LogP contribution in [0.15, 0.2) is 24.3 Å². The summed E-state index contributed by atoms with van der Waals surface area (Å²) in [5, 5.41) is 11.9. The summed E-state index contributed by atoms with van der Waals surface area (Å²) in [6.07, 6.45) is 3.37. The van der Waals surface area contributed by atoms with Gasteiger partial charge in [-0.25, -0.2) is 4.79 Å². The molecule has 2 N–H and O–H groups in total. The van der Waals surface area contributed by atoms with Gasteiger partial charge in [0.05, 0.1) is 5.56 Å². The van der Waals surface area contributed by atoms with Gasteiger partial charge in [-0.05, 0) is 50.1 Å². The highest BCUT2D eigenvalue weighted by molar-refractivity contribution is 5.96. The van der Waals surface area contributed by atoms with E-state index < -0.39 is 5.97 Å². The van der Waals surface area contributed by atoms with Crippen LogP contribution in [0.5, 0.6) is 0 Å². The van der Waals surface area contributed by atoms with Crippen molar-refractivity contribution in [1.29, 1.82) is 0 Å². The molecular weight excluding hydrogens is 256 g/mol. The Hall–Kier alpha value is -1.88. The van der Waals surface area contributed by atoms with E-state index in [-0.39, 0.29) is 17.5 Å². The number of fused-ring (bicyclic) bond motifs is 1. The first-order chi connectivity index (χ1) is 9.65. The SMILES string of the molecule is O=C(O)c1ccc(C(=O)NC2CCN3CCCC23)cc1. The van der Waals surface area contributed by atoms with E-state index in [2.05, 4.69) is 10.2 Å². The number of nitrogens with zero attached hydrogens (tertiary/aromatic N) is 1. The molecule has 1 amide bonds. The predicted octanol–water partition coefficient (Wildman–Crippen LogP) is 1.35. The van der Waals surface area contributed by atoms with Crippen molar-refractivity contribution in [2.24, 2.45) is 0 Å². The van der Waals surface area contributed by atoms with Crippen LogP contribution in [0.3, 0.4) is 0 Å². The maximum atomic E-state index is 12.2. The van der Waals surface area contributed by atoms with Crippen LogP contribution in [0, 0.1) is 0 Å². The van der Waals surface area contributed by atoms with Crippen LogP contribution in [0.2, 0.25) is 0 Å². The number of nitrogens with one attached hydrogen (secondary N) is 1. The molecule has 20 heavy (non-hydrogen) atoms. The second-order valence-corrected chi connectivity index (χ2v) is 5.50. The van der Waals surface area contributed by atoms with E-state index in [0.29, 0.717) is 11.6 Å². The molecule has 2 atom stereocenters. The average Bonchev–Trinajstić information content (AvgIpc) is 3.04. The van der Waals surface area contributed by atoms with Crippen molar-refractivity contribution >= 4 is 11.9 Å². The van der Waals surface area contributed by atoms with Crippen LogP contribution in [0.1, 0.15) is 40.0 Å². The van der Waals surface area contributed by atoms with Gasteiger partial charge in [0.2, 0.25) is 0 Å². The summed E-state index contributed by atoms with van der Waals surface area (Å²) in [6.45, 7) is 2.21. The Morgan fingerprint density at radius 3 is 2.50 bits per heavy atom. The van der Waals surface area contributed by atoms with Gasteiger partial charge >= 0.3 is 5.97 Å². The lowest BCUT2D eigenvalue weighted by atomic mass is 10.1. The van der Waals surface area contributed by atoms with E-state index in [1.807, 2.05) is 0 Å². The van der Waals surface area contributed by atoms with Crippen LogP contribution in [-0.2, 0) is 0 Å². The van der Waals surface area contributed by atoms with Crippen molar-refractivity contribution in [3.8, 4) is 0 Å². The number of aromatic carboxylic acids is 1. The first kappa shape index (κ1) is 13.1. The summed E-state index contributed by atoms with van der Waals surface area (Å²) in [7, 11) is 0. The summed E-state index contributed by atoms with van der Waals surface area (Å²) >= 11 is 0. The van der Waals surface area contributed by atoms with Crippen LogP contribution < -0.4 is 5.32 Å². The number of carboxylic acid groups (broad SMARTS) is 1. The van der Waals surface area contributed by atoms with Gasteiger partial charge in [0.25, 0.3) is 5.91 Å². The molecule has 0 saturated carbocycles. The third-order valence-corrected chi connectivity index (χ3v) is 4.32. The molecule has 0 radical (unpaired) electrons. The van der Waals surface area contributed by atoms with Gasteiger partial charge in [-0.15, -0.1) is 0 Å². The highest BCUT2D eigenvalue weighted by atomic mass is 16.4. The van der Waals surface area contributed by atoms with Crippen LogP contribution in [-0.4, -0.2) is 47.1 Å². The van der Waals surface area contributed by atoms with Crippen molar-refractivity contribution in [3.63, 3.8) is 0 Å². The molecule has 2 heterocycles. The number of carboxylic acids is 1. The van der Waals surface area contributed by atoms with Gasteiger partial charge in [0, 0.05) is 24.2 Å². The second-order valence-electron chi connectivity index (χ2n) is 5.50. The molecule has 0 bridgehead atoms. The predicted molar refractivity (Wildman–Crippen MR) is 73.9 cm³/mol. The molecular formula is C15H18N2O3. The minimum Gasteiger partial charge on any atom is -0.478 e. The summed E-state index contributed by atoms with van der Waals surface area (Å²) in [5.41, 5.74) is 0.718. The Balaban J connectivity index is 1.65. The van der Waals surface area contributed by atoms with Crippen molar-refractivity contribution in [1.82, 2.24) is 10.2 Å². The summed E-state index contributed by atoms with van der Waals surface area (Å²) in [4.78, 5) is 25.4. The van der Waals surface area contributed by atoms with Crippen LogP contribution >= 0.6 is 0 Å². The van der Waals surface area contributed by atoms with Crippen molar-refractivity contribution in [2.45, 2.75) is 31.3 Å². The largest absolute Gasteiger partial charge is 0.478 e. The zero-order valence-corrected chi connectivity index (χ0v) is 11.2. The molecule has 2 fully saturated rings. The van der Waals surface area contributed by atoms with Crippen LogP contribution in [0.4, 0.5) is 0 Å². The van der Waals surface area contributed by atoms with Gasteiger partial charge < -0.3 is 10.4 Å². The van der Waals surface area contributed by atoms with Crippen LogP contribution in [0.25, 0.3) is 0 Å². The maximum Gasteiger partial charge on any atom is 0.335 e. The third kappa shape index (κ3) is 2.41. The standard InChI is InChI=1S/C15H18N2O3/c18-14(10-3-5-11(6-4-10)15(19)20)16-12-7-9-17-8-1-2-13(12)17/h3-6,12-13H,1-2,7-9H2,(H,16,18)(H,19,20). The number of rotatable bonds is 3. The minimum atomic E-state index is -0.977. The van der Waals surface area contributed by atoms with Crippen molar-refractivity contribution in [2.75, 3.05) is 13.1 Å². The maximum absolute atomic E-state index is 12.2. The van der Waals surface area contributed by atoms with Gasteiger partial charge in [-0.2, -0.15) is 0 Å². The first-order valence-corrected chi connectivity index (χ1v) is 7.03. The van der Waals surface area contributed by atoms with E-state index in [0.717, 1.165) is 25.9 Å². The summed E-state index contributed by atoms with van der Waals surface area (Å²) < 4.78 is 0. The molecule has 0 spiro atoms. The van der Waals surface area contributed by atoms with E-state index in [4.69, 9.17) is 5.11 Å². The van der Waals surface area contributed by atoms with E-state index in [1.165, 1.54) is 18.6 Å². The molecule has 2 aliphatic heterocycles. The highest BCUT2D eigenvalue weighted by Gasteiger charge is 2.37. The van der Waals surface area contributed by atoms with E-state index >= 15 is 0 Å². The Bertz CT molecular complexity index is 526. The fourth-order valence-corrected chi connectivity index (χ4v) is 3.27. The molecule has 3 rings (SSSR count). The highest BCUT2D eigenvalue weighted by Crippen LogP contribution is 2.28. The Morgan fingerprint density at radius 1 is 1.10 bits per heavy atom. The van der Waals surface area contributed by atoms with Crippen molar-refractivity contribution in [3.05, 3.63) is 35.4 Å². The fourth-order valence-electron chi connectivity index (χ4n) is 3.27. The van der Waals surface area contributed by atoms with Crippen molar-refractivity contribution < 1.29 is 14.7 Å². The fraction of sp³-hybridized carbons (Fsp3) is 0.467. The summed E-state index contributed by atoms with van der Waals surface area (Å²) in [6, 6.07) is 6.78. The molecule has 1 aromatic rings. The molecule has 5 heteroatoms. The Kier molecular flexibility index (Phi) is 3.44. The molecule has 106 valence electrons. The van der Waals surface area contributed by atoms with E-state index in [9.17, 15) is 9.59 Å². The number of benzene rings is 1. The molecule has 5 nitrogen and oxygen atoms in total. The molecule has 2 aliphatic rings.